The zero-order chi connectivity index (χ0) is 19.5. The lowest BCUT2D eigenvalue weighted by atomic mass is 10.2. The Morgan fingerprint density at radius 3 is 2.32 bits per heavy atom. The summed E-state index contributed by atoms with van der Waals surface area (Å²) in [6.07, 6.45) is 0. The first kappa shape index (κ1) is 18.9. The van der Waals surface area contributed by atoms with Gasteiger partial charge < -0.3 is 0 Å². The number of thioether (sulfide) groups is 1. The van der Waals surface area contributed by atoms with Gasteiger partial charge in [-0.25, -0.2) is 4.98 Å². The molecule has 4 nitrogen and oxygen atoms in total. The number of hydrogen-bond donors (Lipinski definition) is 0. The van der Waals surface area contributed by atoms with E-state index in [4.69, 9.17) is 4.98 Å². The molecule has 1 heterocycles. The van der Waals surface area contributed by atoms with Gasteiger partial charge in [-0.3, -0.25) is 14.2 Å². The molecule has 0 spiro atoms. The molecule has 1 aromatic heterocycles. The molecule has 0 saturated carbocycles. The number of benzene rings is 3. The fourth-order valence-corrected chi connectivity index (χ4v) is 4.53. The largest absolute Gasteiger partial charge is 0.293 e. The number of para-hydroxylation sites is 1. The molecule has 138 valence electrons. The highest BCUT2D eigenvalue weighted by Crippen LogP contribution is 2.24. The summed E-state index contributed by atoms with van der Waals surface area (Å²) in [6, 6.07) is 24.2. The SMILES string of the molecule is O=C(CSc1nc2cccc(I)c2c(=O)n1-c1ccccc1)c1ccccc1. The Kier molecular flexibility index (Phi) is 5.59. The van der Waals surface area contributed by atoms with Crippen molar-refractivity contribution in [2.24, 2.45) is 0 Å². The second-order valence-electron chi connectivity index (χ2n) is 6.08. The number of rotatable bonds is 5. The van der Waals surface area contributed by atoms with E-state index in [1.54, 1.807) is 16.7 Å². The Balaban J connectivity index is 1.80. The maximum atomic E-state index is 13.3. The maximum absolute atomic E-state index is 13.3. The summed E-state index contributed by atoms with van der Waals surface area (Å²) in [7, 11) is 0. The Morgan fingerprint density at radius 2 is 1.61 bits per heavy atom. The van der Waals surface area contributed by atoms with E-state index < -0.39 is 0 Å². The van der Waals surface area contributed by atoms with Gasteiger partial charge >= 0.3 is 0 Å². The summed E-state index contributed by atoms with van der Waals surface area (Å²) in [4.78, 5) is 30.5. The molecule has 4 rings (SSSR count). The summed E-state index contributed by atoms with van der Waals surface area (Å²) in [5.41, 5.74) is 1.89. The van der Waals surface area contributed by atoms with Crippen molar-refractivity contribution in [2.75, 3.05) is 5.75 Å². The molecule has 0 aliphatic heterocycles. The second-order valence-corrected chi connectivity index (χ2v) is 8.19. The minimum atomic E-state index is -0.129. The van der Waals surface area contributed by atoms with Crippen LogP contribution in [0.25, 0.3) is 16.6 Å². The molecule has 0 radical (unpaired) electrons. The first-order chi connectivity index (χ1) is 13.6. The smallest absolute Gasteiger partial charge is 0.267 e. The standard InChI is InChI=1S/C22H15IN2O2S/c23-17-12-7-13-18-20(17)21(27)25(16-10-5-2-6-11-16)22(24-18)28-14-19(26)15-8-3-1-4-9-15/h1-13H,14H2. The highest BCUT2D eigenvalue weighted by atomic mass is 127. The molecule has 4 aromatic rings. The third kappa shape index (κ3) is 3.74. The molecular formula is C22H15IN2O2S. The van der Waals surface area contributed by atoms with Crippen LogP contribution < -0.4 is 5.56 Å². The summed E-state index contributed by atoms with van der Waals surface area (Å²) in [5.74, 6) is 0.209. The predicted octanol–water partition coefficient (Wildman–Crippen LogP) is 4.97. The van der Waals surface area contributed by atoms with E-state index in [1.165, 1.54) is 11.8 Å². The number of Topliss-reactive ketones (excluding diaryl/α,β-unsaturated/α-hetero) is 1. The van der Waals surface area contributed by atoms with Crippen molar-refractivity contribution in [1.82, 2.24) is 9.55 Å². The first-order valence-corrected chi connectivity index (χ1v) is 10.7. The van der Waals surface area contributed by atoms with Gasteiger partial charge in [-0.2, -0.15) is 0 Å². The van der Waals surface area contributed by atoms with Crippen LogP contribution in [0.1, 0.15) is 10.4 Å². The lowest BCUT2D eigenvalue weighted by Gasteiger charge is -2.13. The highest BCUT2D eigenvalue weighted by molar-refractivity contribution is 14.1. The van der Waals surface area contributed by atoms with Crippen LogP contribution in [0.2, 0.25) is 0 Å². The van der Waals surface area contributed by atoms with Gasteiger partial charge in [0.1, 0.15) is 0 Å². The Labute approximate surface area is 179 Å². The number of carbonyl (C=O) groups excluding carboxylic acids is 1. The third-order valence-electron chi connectivity index (χ3n) is 4.26. The van der Waals surface area contributed by atoms with Gasteiger partial charge in [-0.05, 0) is 46.9 Å². The quantitative estimate of drug-likeness (QED) is 0.169. The Hall–Kier alpha value is -2.45. The number of hydrogen-bond acceptors (Lipinski definition) is 4. The molecule has 28 heavy (non-hydrogen) atoms. The minimum Gasteiger partial charge on any atom is -0.293 e. The summed E-state index contributed by atoms with van der Waals surface area (Å²) in [5, 5.41) is 1.10. The third-order valence-corrected chi connectivity index (χ3v) is 6.10. The second kappa shape index (κ2) is 8.28. The van der Waals surface area contributed by atoms with Gasteiger partial charge in [-0.15, -0.1) is 0 Å². The van der Waals surface area contributed by atoms with Crippen LogP contribution in [0.3, 0.4) is 0 Å². The molecule has 0 aliphatic carbocycles. The fourth-order valence-electron chi connectivity index (χ4n) is 2.91. The highest BCUT2D eigenvalue weighted by Gasteiger charge is 2.16. The average molecular weight is 498 g/mol. The minimum absolute atomic E-state index is 0.00204. The summed E-state index contributed by atoms with van der Waals surface area (Å²) in [6.45, 7) is 0. The number of halogens is 1. The van der Waals surface area contributed by atoms with Gasteiger partial charge in [-0.1, -0.05) is 66.4 Å². The molecule has 0 unspecified atom stereocenters. The molecule has 0 N–H and O–H groups in total. The fraction of sp³-hybridized carbons (Fsp3) is 0.0455. The van der Waals surface area contributed by atoms with Crippen molar-refractivity contribution in [2.45, 2.75) is 5.16 Å². The molecule has 0 bridgehead atoms. The molecule has 0 atom stereocenters. The van der Waals surface area contributed by atoms with E-state index >= 15 is 0 Å². The van der Waals surface area contributed by atoms with Crippen LogP contribution >= 0.6 is 34.4 Å². The molecule has 0 fully saturated rings. The van der Waals surface area contributed by atoms with Crippen molar-refractivity contribution in [3.8, 4) is 5.69 Å². The van der Waals surface area contributed by atoms with Crippen LogP contribution in [0, 0.1) is 3.57 Å². The van der Waals surface area contributed by atoms with E-state index in [-0.39, 0.29) is 17.1 Å². The topological polar surface area (TPSA) is 52.0 Å². The van der Waals surface area contributed by atoms with Crippen LogP contribution in [0.4, 0.5) is 0 Å². The lowest BCUT2D eigenvalue weighted by molar-refractivity contribution is 0.102. The molecule has 0 aliphatic rings. The van der Waals surface area contributed by atoms with E-state index in [0.717, 1.165) is 9.26 Å². The molecule has 0 saturated heterocycles. The van der Waals surface area contributed by atoms with Crippen molar-refractivity contribution in [3.63, 3.8) is 0 Å². The first-order valence-electron chi connectivity index (χ1n) is 8.63. The Morgan fingerprint density at radius 1 is 0.929 bits per heavy atom. The van der Waals surface area contributed by atoms with Gasteiger partial charge in [0.15, 0.2) is 10.9 Å². The predicted molar refractivity (Wildman–Crippen MR) is 122 cm³/mol. The average Bonchev–Trinajstić information content (AvgIpc) is 2.73. The number of aromatic nitrogens is 2. The summed E-state index contributed by atoms with van der Waals surface area (Å²) < 4.78 is 2.45. The number of ketones is 1. The van der Waals surface area contributed by atoms with Crippen molar-refractivity contribution >= 4 is 51.0 Å². The number of carbonyl (C=O) groups is 1. The monoisotopic (exact) mass is 498 g/mol. The van der Waals surface area contributed by atoms with Gasteiger partial charge in [0.25, 0.3) is 5.56 Å². The molecule has 3 aromatic carbocycles. The zero-order valence-electron chi connectivity index (χ0n) is 14.7. The van der Waals surface area contributed by atoms with E-state index in [2.05, 4.69) is 22.6 Å². The molecule has 0 amide bonds. The van der Waals surface area contributed by atoms with Gasteiger partial charge in [0.05, 0.1) is 22.3 Å². The maximum Gasteiger partial charge on any atom is 0.267 e. The normalized spacial score (nSPS) is 10.9. The summed E-state index contributed by atoms with van der Waals surface area (Å²) >= 11 is 3.44. The van der Waals surface area contributed by atoms with E-state index in [9.17, 15) is 9.59 Å². The zero-order valence-corrected chi connectivity index (χ0v) is 17.7. The van der Waals surface area contributed by atoms with E-state index in [1.807, 2.05) is 66.7 Å². The molecular weight excluding hydrogens is 483 g/mol. The van der Waals surface area contributed by atoms with Crippen LogP contribution in [0.5, 0.6) is 0 Å². The van der Waals surface area contributed by atoms with Gasteiger partial charge in [0, 0.05) is 9.13 Å². The Bertz CT molecular complexity index is 1210. The van der Waals surface area contributed by atoms with Crippen LogP contribution in [-0.4, -0.2) is 21.1 Å². The van der Waals surface area contributed by atoms with Crippen molar-refractivity contribution in [3.05, 3.63) is 98.4 Å². The molecule has 6 heteroatoms. The van der Waals surface area contributed by atoms with Crippen molar-refractivity contribution in [1.29, 1.82) is 0 Å². The van der Waals surface area contributed by atoms with Gasteiger partial charge in [0.2, 0.25) is 0 Å². The number of nitrogens with zero attached hydrogens (tertiary/aromatic N) is 2. The van der Waals surface area contributed by atoms with Crippen LogP contribution in [0.15, 0.2) is 88.8 Å². The lowest BCUT2D eigenvalue weighted by Crippen LogP contribution is -2.23. The van der Waals surface area contributed by atoms with E-state index in [0.29, 0.717) is 21.6 Å². The van der Waals surface area contributed by atoms with Crippen LogP contribution in [-0.2, 0) is 0 Å². The number of fused-ring (bicyclic) bond motifs is 1. The van der Waals surface area contributed by atoms with Crippen molar-refractivity contribution < 1.29 is 4.79 Å².